The number of nitrogens with zero attached hydrogens (tertiary/aromatic N) is 12. The zero-order valence-corrected chi connectivity index (χ0v) is 66.6. The monoisotopic (exact) mass is 1550 g/mol. The lowest BCUT2D eigenvalue weighted by Crippen LogP contribution is -1.92. The van der Waals surface area contributed by atoms with E-state index in [9.17, 15) is 0 Å². The molecule has 4 N–H and O–H groups in total. The molecule has 0 saturated heterocycles. The van der Waals surface area contributed by atoms with E-state index in [0.717, 1.165) is 235 Å². The van der Waals surface area contributed by atoms with Crippen molar-refractivity contribution in [2.24, 2.45) is 0 Å². The summed E-state index contributed by atoms with van der Waals surface area (Å²) in [5.41, 5.74) is 32.2. The first-order chi connectivity index (χ1) is 57.7. The first-order valence-electron chi connectivity index (χ1n) is 40.6. The van der Waals surface area contributed by atoms with E-state index in [1.54, 1.807) is 0 Å². The lowest BCUT2D eigenvalue weighted by Gasteiger charge is -2.12. The summed E-state index contributed by atoms with van der Waals surface area (Å²) in [6.07, 6.45) is 21.0. The smallest absolute Gasteiger partial charge is 0.141 e. The molecule has 20 heteroatoms. The Morgan fingerprint density at radius 3 is 1.10 bits per heavy atom. The Labute approximate surface area is 678 Å². The highest BCUT2D eigenvalue weighted by Gasteiger charge is 2.33. The number of hydrogen-bond donors (Lipinski definition) is 4. The van der Waals surface area contributed by atoms with Crippen molar-refractivity contribution in [2.75, 3.05) is 0 Å². The maximum Gasteiger partial charge on any atom is 0.141 e. The molecule has 12 heterocycles. The number of H-pyrrole nitrogens is 4. The van der Waals surface area contributed by atoms with Crippen LogP contribution in [0.3, 0.4) is 0 Å². The molecule has 24 rings (SSSR count). The summed E-state index contributed by atoms with van der Waals surface area (Å²) in [5, 5.41) is 22.4. The van der Waals surface area contributed by atoms with Crippen LogP contribution in [-0.2, 0) is 0 Å². The normalized spacial score (nSPS) is 14.0. The predicted octanol–water partition coefficient (Wildman–Crippen LogP) is 24.2. The summed E-state index contributed by atoms with van der Waals surface area (Å²) in [6.45, 7) is 15.8. The first-order valence-corrected chi connectivity index (χ1v) is 40.6. The maximum absolute atomic E-state index is 5.47. The lowest BCUT2D eigenvalue weighted by atomic mass is 9.94. The number of aryl methyl sites for hydroxylation is 8. The lowest BCUT2D eigenvalue weighted by molar-refractivity contribution is 0.393. The minimum absolute atomic E-state index is 0.547. The van der Waals surface area contributed by atoms with Gasteiger partial charge in [0.15, 0.2) is 0 Å². The zero-order chi connectivity index (χ0) is 79.6. The number of pyridine rings is 4. The van der Waals surface area contributed by atoms with E-state index in [-0.39, 0.29) is 0 Å². The Bertz CT molecular complexity index is 6710. The quantitative estimate of drug-likeness (QED) is 0.0835. The van der Waals surface area contributed by atoms with Gasteiger partial charge in [-0.3, -0.25) is 19.9 Å². The van der Waals surface area contributed by atoms with Gasteiger partial charge in [-0.15, -0.1) is 0 Å². The van der Waals surface area contributed by atoms with Crippen LogP contribution in [0.15, 0.2) is 225 Å². The molecule has 4 aliphatic rings. The minimum atomic E-state index is 0.547. The molecule has 0 unspecified atom stereocenters. The predicted molar refractivity (Wildman–Crippen MR) is 463 cm³/mol. The van der Waals surface area contributed by atoms with Crippen LogP contribution >= 0.6 is 0 Å². The summed E-state index contributed by atoms with van der Waals surface area (Å²) >= 11 is 0. The molecule has 0 atom stereocenters. The fourth-order valence-corrected chi connectivity index (χ4v) is 17.2. The van der Waals surface area contributed by atoms with Gasteiger partial charge in [-0.25, -0.2) is 19.9 Å². The highest BCUT2D eigenvalue weighted by Crippen LogP contribution is 2.49. The van der Waals surface area contributed by atoms with Crippen LogP contribution in [0, 0.1) is 55.4 Å². The molecule has 12 aromatic heterocycles. The van der Waals surface area contributed by atoms with Crippen molar-refractivity contribution in [3.8, 4) is 100 Å². The van der Waals surface area contributed by atoms with Crippen molar-refractivity contribution >= 4 is 76.6 Å². The number of hydrogen-bond acceptors (Lipinski definition) is 16. The van der Waals surface area contributed by atoms with Gasteiger partial charge >= 0.3 is 0 Å². The van der Waals surface area contributed by atoms with E-state index in [0.29, 0.717) is 23.7 Å². The van der Waals surface area contributed by atoms with Crippen LogP contribution in [-0.4, -0.2) is 80.4 Å². The Kier molecular flexibility index (Phi) is 17.6. The Balaban J connectivity index is 0.0000000978. The molecule has 0 radical (unpaired) electrons. The van der Waals surface area contributed by atoms with Crippen LogP contribution in [0.4, 0.5) is 0 Å². The van der Waals surface area contributed by atoms with Gasteiger partial charge in [-0.05, 0) is 224 Å². The summed E-state index contributed by atoms with van der Waals surface area (Å²) in [6, 6.07) is 59.1. The number of nitrogens with one attached hydrogen (secondary N) is 4. The van der Waals surface area contributed by atoms with Crippen LogP contribution < -0.4 is 0 Å². The molecular formula is C98H82N16O4. The third-order valence-corrected chi connectivity index (χ3v) is 23.6. The van der Waals surface area contributed by atoms with Gasteiger partial charge in [0.25, 0.3) is 0 Å². The standard InChI is InChI=1S/C26H22N4O.3C24H20N4O/c1-15-23(16(2)31-30-15)19-13-21(25-22(14-19)28-26(29-25)18-10-11-18)20-9-6-12-27-24(20)17-7-4-3-5-8-17;1-13-22(14(2)29-28-13)16-11-19(17-5-3-7-20-18(17)6-4-10-25-20)23-21(12-16)26-24(27-23)15-8-9-15;1-13-22(14(2)29-28-13)17-10-20(19-5-3-4-16-12-25-9-8-18(16)19)23-21(11-17)26-24(27-23)15-6-7-15;1-13-22(14(2)29-28-13)17-9-19(20-12-25-11-16-5-3-4-6-18(16)20)23-21(10-17)26-24(27-23)15-7-8-15/h3-9,12-14,18H,10-11H2,1-2H3,(H,28,29);3-7,10-12,15H,8-9H2,1-2H3,(H,26,27);3-5,8-12,15H,6-7H2,1-2H3,(H,26,27);3-6,9-12,15H,7-8H2,1-2H3,(H,26,27). The minimum Gasteiger partial charge on any atom is -0.361 e. The van der Waals surface area contributed by atoms with Gasteiger partial charge in [-0.1, -0.05) is 118 Å². The van der Waals surface area contributed by atoms with Crippen molar-refractivity contribution in [1.82, 2.24) is 80.4 Å². The van der Waals surface area contributed by atoms with Gasteiger partial charge in [0.1, 0.15) is 46.3 Å². The van der Waals surface area contributed by atoms with Gasteiger partial charge in [0.2, 0.25) is 0 Å². The van der Waals surface area contributed by atoms with Crippen LogP contribution in [0.25, 0.3) is 177 Å². The SMILES string of the molecule is Cc1noc(C)c1-c1cc(-c2cccc3cnccc23)c2nc(C3CC3)[nH]c2c1.Cc1noc(C)c1-c1cc(-c2cccc3ncccc23)c2nc(C3CC3)[nH]c2c1.Cc1noc(C)c1-c1cc(-c2cccnc2-c2ccccc2)c2nc(C3CC3)[nH]c2c1.Cc1noc(C)c1-c1cc(-c2cncc3ccccc23)c2nc(C3CC3)[nH]c2c1. The van der Waals surface area contributed by atoms with E-state index in [2.05, 4.69) is 183 Å². The molecule has 20 aromatic rings. The molecule has 20 nitrogen and oxygen atoms in total. The second-order valence-corrected chi connectivity index (χ2v) is 32.0. The number of fused-ring (bicyclic) bond motifs is 7. The molecule has 578 valence electrons. The van der Waals surface area contributed by atoms with E-state index >= 15 is 0 Å². The van der Waals surface area contributed by atoms with Crippen LogP contribution in [0.2, 0.25) is 0 Å². The molecule has 0 aliphatic heterocycles. The zero-order valence-electron chi connectivity index (χ0n) is 66.6. The summed E-state index contributed by atoms with van der Waals surface area (Å²) in [4.78, 5) is 52.5. The van der Waals surface area contributed by atoms with Crippen molar-refractivity contribution < 1.29 is 18.1 Å². The molecule has 4 fully saturated rings. The van der Waals surface area contributed by atoms with E-state index in [1.165, 1.54) is 62.1 Å². The molecule has 8 aromatic carbocycles. The molecule has 0 bridgehead atoms. The highest BCUT2D eigenvalue weighted by atomic mass is 16.5. The summed E-state index contributed by atoms with van der Waals surface area (Å²) in [7, 11) is 0. The second kappa shape index (κ2) is 29.0. The number of aromatic amines is 4. The van der Waals surface area contributed by atoms with Gasteiger partial charge in [0.05, 0.1) is 78.1 Å². The van der Waals surface area contributed by atoms with Crippen molar-refractivity contribution in [1.29, 1.82) is 0 Å². The maximum atomic E-state index is 5.47. The molecular weight excluding hydrogens is 1470 g/mol. The number of rotatable bonds is 13. The van der Waals surface area contributed by atoms with Crippen molar-refractivity contribution in [2.45, 2.75) is 130 Å². The Hall–Kier alpha value is -14.1. The Morgan fingerprint density at radius 1 is 0.288 bits per heavy atom. The third-order valence-electron chi connectivity index (χ3n) is 23.6. The average Bonchev–Trinajstić information content (AvgIpc) is 1.53. The van der Waals surface area contributed by atoms with E-state index in [4.69, 9.17) is 43.0 Å². The molecule has 4 aliphatic carbocycles. The number of aromatic nitrogens is 16. The summed E-state index contributed by atoms with van der Waals surface area (Å²) < 4.78 is 21.8. The van der Waals surface area contributed by atoms with E-state index in [1.807, 2.05) is 135 Å². The summed E-state index contributed by atoms with van der Waals surface area (Å²) in [5.74, 6) is 9.89. The molecule has 4 saturated carbocycles. The third kappa shape index (κ3) is 13.2. The fraction of sp³-hybridized carbons (Fsp3) is 0.204. The Morgan fingerprint density at radius 2 is 0.653 bits per heavy atom. The first kappa shape index (κ1) is 71.6. The van der Waals surface area contributed by atoms with Gasteiger partial charge in [-0.2, -0.15) is 0 Å². The fourth-order valence-electron chi connectivity index (χ4n) is 17.2. The van der Waals surface area contributed by atoms with Crippen LogP contribution in [0.5, 0.6) is 0 Å². The number of benzene rings is 8. The number of imidazole rings is 4. The van der Waals surface area contributed by atoms with Gasteiger partial charge < -0.3 is 38.0 Å². The van der Waals surface area contributed by atoms with Crippen molar-refractivity contribution in [3.05, 3.63) is 276 Å². The highest BCUT2D eigenvalue weighted by molar-refractivity contribution is 6.08. The van der Waals surface area contributed by atoms with Gasteiger partial charge in [0, 0.05) is 138 Å². The molecule has 0 amide bonds. The van der Waals surface area contributed by atoms with E-state index < -0.39 is 0 Å². The topological polar surface area (TPSA) is 270 Å². The molecule has 0 spiro atoms. The van der Waals surface area contributed by atoms with Crippen LogP contribution in [0.1, 0.15) is 144 Å². The average molecular weight is 1550 g/mol. The largest absolute Gasteiger partial charge is 0.361 e. The molecule has 118 heavy (non-hydrogen) atoms. The second-order valence-electron chi connectivity index (χ2n) is 32.0. The van der Waals surface area contributed by atoms with Crippen molar-refractivity contribution in [3.63, 3.8) is 0 Å².